The third-order valence-electron chi connectivity index (χ3n) is 5.32. The van der Waals surface area contributed by atoms with Gasteiger partial charge in [-0.1, -0.05) is 18.2 Å². The summed E-state index contributed by atoms with van der Waals surface area (Å²) in [5.74, 6) is -2.15. The number of nitrogens with zero attached hydrogens (tertiary/aromatic N) is 5. The highest BCUT2D eigenvalue weighted by molar-refractivity contribution is 6.24. The number of carbonyl (C=O) groups is 3. The third kappa shape index (κ3) is 3.49. The van der Waals surface area contributed by atoms with Crippen LogP contribution in [0.2, 0.25) is 0 Å². The lowest BCUT2D eigenvalue weighted by molar-refractivity contribution is -0.385. The molecule has 1 N–H and O–H groups in total. The Labute approximate surface area is 181 Å². The molecule has 162 valence electrons. The maximum absolute atomic E-state index is 12.8. The SMILES string of the molecule is CC(NC(=O)C(C)N1C(=O)c2cccc([N+](=O)[O-])c2C1=O)c1ccc(-n2cncn2)cc1. The molecule has 0 saturated carbocycles. The lowest BCUT2D eigenvalue weighted by Crippen LogP contribution is -2.48. The lowest BCUT2D eigenvalue weighted by Gasteiger charge is -2.24. The molecule has 2 aromatic carbocycles. The van der Waals surface area contributed by atoms with Crippen molar-refractivity contribution in [2.24, 2.45) is 0 Å². The number of amides is 3. The summed E-state index contributed by atoms with van der Waals surface area (Å²) in [5.41, 5.74) is 0.759. The van der Waals surface area contributed by atoms with Gasteiger partial charge < -0.3 is 5.32 Å². The average Bonchev–Trinajstić information content (AvgIpc) is 3.41. The molecule has 0 saturated heterocycles. The van der Waals surface area contributed by atoms with E-state index < -0.39 is 40.4 Å². The van der Waals surface area contributed by atoms with Gasteiger partial charge in [0.15, 0.2) is 0 Å². The Morgan fingerprint density at radius 2 is 1.81 bits per heavy atom. The van der Waals surface area contributed by atoms with E-state index in [0.717, 1.165) is 22.2 Å². The fourth-order valence-electron chi connectivity index (χ4n) is 3.58. The number of benzene rings is 2. The van der Waals surface area contributed by atoms with Crippen LogP contribution in [0.4, 0.5) is 5.69 Å². The summed E-state index contributed by atoms with van der Waals surface area (Å²) in [6.07, 6.45) is 2.99. The lowest BCUT2D eigenvalue weighted by atomic mass is 10.1. The maximum atomic E-state index is 12.8. The number of carbonyl (C=O) groups excluding carboxylic acids is 3. The van der Waals surface area contributed by atoms with Gasteiger partial charge in [-0.2, -0.15) is 5.10 Å². The second-order valence-corrected chi connectivity index (χ2v) is 7.27. The molecule has 1 aliphatic rings. The number of imide groups is 1. The molecule has 0 bridgehead atoms. The molecule has 11 nitrogen and oxygen atoms in total. The zero-order valence-electron chi connectivity index (χ0n) is 17.1. The summed E-state index contributed by atoms with van der Waals surface area (Å²) in [6, 6.07) is 9.53. The van der Waals surface area contributed by atoms with Crippen molar-refractivity contribution >= 4 is 23.4 Å². The Hall–Kier alpha value is -4.41. The molecule has 1 aliphatic heterocycles. The van der Waals surface area contributed by atoms with E-state index in [1.165, 1.54) is 25.4 Å². The average molecular weight is 434 g/mol. The van der Waals surface area contributed by atoms with Gasteiger partial charge in [0.25, 0.3) is 17.5 Å². The summed E-state index contributed by atoms with van der Waals surface area (Å²) in [7, 11) is 0. The van der Waals surface area contributed by atoms with E-state index in [2.05, 4.69) is 15.4 Å². The Bertz CT molecular complexity index is 1220. The highest BCUT2D eigenvalue weighted by Gasteiger charge is 2.44. The van der Waals surface area contributed by atoms with Crippen molar-refractivity contribution in [3.05, 3.63) is 81.9 Å². The maximum Gasteiger partial charge on any atom is 0.282 e. The van der Waals surface area contributed by atoms with Crippen molar-refractivity contribution < 1.29 is 19.3 Å². The third-order valence-corrected chi connectivity index (χ3v) is 5.32. The molecule has 4 rings (SSSR count). The number of nitrogens with one attached hydrogen (secondary N) is 1. The van der Waals surface area contributed by atoms with Crippen molar-refractivity contribution in [1.82, 2.24) is 25.0 Å². The van der Waals surface area contributed by atoms with Gasteiger partial charge in [0.2, 0.25) is 5.91 Å². The molecule has 3 aromatic rings. The first-order valence-corrected chi connectivity index (χ1v) is 9.70. The highest BCUT2D eigenvalue weighted by atomic mass is 16.6. The van der Waals surface area contributed by atoms with Gasteiger partial charge in [-0.3, -0.25) is 29.4 Å². The Kier molecular flexibility index (Phi) is 5.23. The smallest absolute Gasteiger partial charge is 0.282 e. The molecule has 0 spiro atoms. The topological polar surface area (TPSA) is 140 Å². The molecule has 0 aliphatic carbocycles. The fourth-order valence-corrected chi connectivity index (χ4v) is 3.58. The number of hydrogen-bond acceptors (Lipinski definition) is 7. The van der Waals surface area contributed by atoms with Crippen molar-refractivity contribution in [2.45, 2.75) is 25.9 Å². The summed E-state index contributed by atoms with van der Waals surface area (Å²) in [5, 5.41) is 18.1. The van der Waals surface area contributed by atoms with Gasteiger partial charge in [-0.25, -0.2) is 9.67 Å². The van der Waals surface area contributed by atoms with E-state index in [-0.39, 0.29) is 11.1 Å². The largest absolute Gasteiger partial charge is 0.348 e. The zero-order valence-corrected chi connectivity index (χ0v) is 17.1. The van der Waals surface area contributed by atoms with E-state index in [9.17, 15) is 24.5 Å². The van der Waals surface area contributed by atoms with Crippen molar-refractivity contribution in [3.63, 3.8) is 0 Å². The zero-order chi connectivity index (χ0) is 23.0. The number of nitro groups is 1. The van der Waals surface area contributed by atoms with E-state index in [4.69, 9.17) is 0 Å². The minimum absolute atomic E-state index is 0.0828. The minimum atomic E-state index is -1.15. The minimum Gasteiger partial charge on any atom is -0.348 e. The molecule has 2 atom stereocenters. The molecule has 1 aromatic heterocycles. The normalized spacial score (nSPS) is 14.8. The standard InChI is InChI=1S/C21H18N6O5/c1-12(14-6-8-15(9-7-14)25-11-22-10-23-25)24-19(28)13(2)26-20(29)16-4-3-5-17(27(31)32)18(16)21(26)30/h3-13H,1-2H3,(H,24,28). The number of nitro benzene ring substituents is 1. The monoisotopic (exact) mass is 434 g/mol. The number of fused-ring (bicyclic) bond motifs is 1. The van der Waals surface area contributed by atoms with E-state index in [0.29, 0.717) is 0 Å². The molecular weight excluding hydrogens is 416 g/mol. The summed E-state index contributed by atoms with van der Waals surface area (Å²) in [6.45, 7) is 3.17. The molecule has 2 heterocycles. The van der Waals surface area contributed by atoms with Gasteiger partial charge in [-0.15, -0.1) is 0 Å². The van der Waals surface area contributed by atoms with Crippen LogP contribution >= 0.6 is 0 Å². The Balaban J connectivity index is 1.49. The van der Waals surface area contributed by atoms with E-state index in [1.807, 2.05) is 24.3 Å². The van der Waals surface area contributed by atoms with Gasteiger partial charge in [0, 0.05) is 6.07 Å². The quantitative estimate of drug-likeness (QED) is 0.356. The second-order valence-electron chi connectivity index (χ2n) is 7.27. The highest BCUT2D eigenvalue weighted by Crippen LogP contribution is 2.32. The van der Waals surface area contributed by atoms with Crippen LogP contribution in [0.5, 0.6) is 0 Å². The van der Waals surface area contributed by atoms with Crippen LogP contribution in [0, 0.1) is 10.1 Å². The molecule has 3 amide bonds. The molecule has 11 heteroatoms. The predicted octanol–water partition coefficient (Wildman–Crippen LogP) is 2.04. The van der Waals surface area contributed by atoms with Gasteiger partial charge >= 0.3 is 0 Å². The van der Waals surface area contributed by atoms with Gasteiger partial charge in [0.05, 0.1) is 22.2 Å². The van der Waals surface area contributed by atoms with E-state index >= 15 is 0 Å². The van der Waals surface area contributed by atoms with Gasteiger partial charge in [0.1, 0.15) is 24.3 Å². The molecular formula is C21H18N6O5. The van der Waals surface area contributed by atoms with Crippen LogP contribution in [0.25, 0.3) is 5.69 Å². The van der Waals surface area contributed by atoms with E-state index in [1.54, 1.807) is 17.9 Å². The fraction of sp³-hybridized carbons (Fsp3) is 0.190. The summed E-state index contributed by atoms with van der Waals surface area (Å²) >= 11 is 0. The van der Waals surface area contributed by atoms with Crippen LogP contribution in [-0.2, 0) is 4.79 Å². The van der Waals surface area contributed by atoms with Crippen LogP contribution in [0.15, 0.2) is 55.1 Å². The van der Waals surface area contributed by atoms with Crippen LogP contribution in [0.1, 0.15) is 46.2 Å². The number of hydrogen-bond donors (Lipinski definition) is 1. The molecule has 0 fully saturated rings. The summed E-state index contributed by atoms with van der Waals surface area (Å²) < 4.78 is 1.59. The molecule has 32 heavy (non-hydrogen) atoms. The van der Waals surface area contributed by atoms with Crippen molar-refractivity contribution in [3.8, 4) is 5.69 Å². The predicted molar refractivity (Wildman–Crippen MR) is 111 cm³/mol. The first-order chi connectivity index (χ1) is 15.3. The van der Waals surface area contributed by atoms with Crippen LogP contribution < -0.4 is 5.32 Å². The number of rotatable bonds is 6. The molecule has 0 radical (unpaired) electrons. The second kappa shape index (κ2) is 8.02. The summed E-state index contributed by atoms with van der Waals surface area (Å²) in [4.78, 5) is 53.5. The number of aromatic nitrogens is 3. The first kappa shape index (κ1) is 20.8. The van der Waals surface area contributed by atoms with Gasteiger partial charge in [-0.05, 0) is 37.6 Å². The Morgan fingerprint density at radius 3 is 2.44 bits per heavy atom. The van der Waals surface area contributed by atoms with Crippen molar-refractivity contribution in [2.75, 3.05) is 0 Å². The van der Waals surface area contributed by atoms with Crippen molar-refractivity contribution in [1.29, 1.82) is 0 Å². The molecule has 2 unspecified atom stereocenters. The van der Waals surface area contributed by atoms with Crippen LogP contribution in [-0.4, -0.2) is 48.4 Å². The van der Waals surface area contributed by atoms with Crippen LogP contribution in [0.3, 0.4) is 0 Å². The first-order valence-electron chi connectivity index (χ1n) is 9.70. The Morgan fingerprint density at radius 1 is 1.09 bits per heavy atom.